The van der Waals surface area contributed by atoms with Crippen LogP contribution >= 0.6 is 24.8 Å². The van der Waals surface area contributed by atoms with Gasteiger partial charge in [0.15, 0.2) is 0 Å². The smallest absolute Gasteiger partial charge is 0.0824 e. The van der Waals surface area contributed by atoms with E-state index in [1.807, 2.05) is 12.3 Å². The second kappa shape index (κ2) is 8.67. The number of pyridine rings is 1. The van der Waals surface area contributed by atoms with Gasteiger partial charge in [-0.15, -0.1) is 24.8 Å². The Balaban J connectivity index is 0.00000144. The predicted molar refractivity (Wildman–Crippen MR) is 77.5 cm³/mol. The molecule has 2 heterocycles. The largest absolute Gasteiger partial charge is 0.374 e. The van der Waals surface area contributed by atoms with Gasteiger partial charge in [0.1, 0.15) is 0 Å². The molecule has 2 atom stereocenters. The molecule has 2 N–H and O–H groups in total. The SMILES string of the molecule is CC(c1cccnc1)N1CCOC(CN)C1.Cl.Cl. The maximum Gasteiger partial charge on any atom is 0.0824 e. The minimum Gasteiger partial charge on any atom is -0.374 e. The molecule has 1 aromatic heterocycles. The van der Waals surface area contributed by atoms with Crippen LogP contribution in [0.2, 0.25) is 0 Å². The summed E-state index contributed by atoms with van der Waals surface area (Å²) in [5.74, 6) is 0. The van der Waals surface area contributed by atoms with E-state index in [-0.39, 0.29) is 30.9 Å². The second-order valence-electron chi connectivity index (χ2n) is 4.19. The fourth-order valence-corrected chi connectivity index (χ4v) is 2.07. The number of aromatic nitrogens is 1. The van der Waals surface area contributed by atoms with E-state index in [1.54, 1.807) is 6.20 Å². The number of halogens is 2. The number of nitrogens with zero attached hydrogens (tertiary/aromatic N) is 2. The van der Waals surface area contributed by atoms with E-state index in [1.165, 1.54) is 5.56 Å². The van der Waals surface area contributed by atoms with Gasteiger partial charge in [-0.3, -0.25) is 9.88 Å². The number of nitrogens with two attached hydrogens (primary N) is 1. The molecule has 0 aromatic carbocycles. The molecule has 1 aliphatic heterocycles. The Morgan fingerprint density at radius 3 is 2.94 bits per heavy atom. The number of hydrogen-bond acceptors (Lipinski definition) is 4. The van der Waals surface area contributed by atoms with Crippen LogP contribution in [0.4, 0.5) is 0 Å². The normalized spacial score (nSPS) is 21.6. The van der Waals surface area contributed by atoms with Crippen molar-refractivity contribution in [3.63, 3.8) is 0 Å². The third-order valence-corrected chi connectivity index (χ3v) is 3.15. The highest BCUT2D eigenvalue weighted by Gasteiger charge is 2.23. The molecular formula is C12H21Cl2N3O. The summed E-state index contributed by atoms with van der Waals surface area (Å²) in [7, 11) is 0. The average Bonchev–Trinajstić information content (AvgIpc) is 2.39. The molecule has 4 nitrogen and oxygen atoms in total. The summed E-state index contributed by atoms with van der Waals surface area (Å²) in [6.45, 7) is 5.44. The number of rotatable bonds is 3. The third kappa shape index (κ3) is 4.37. The first-order valence-electron chi connectivity index (χ1n) is 5.77. The molecule has 0 spiro atoms. The van der Waals surface area contributed by atoms with Crippen LogP contribution in [-0.2, 0) is 4.74 Å². The van der Waals surface area contributed by atoms with Gasteiger partial charge in [0.2, 0.25) is 0 Å². The van der Waals surface area contributed by atoms with Crippen molar-refractivity contribution in [2.24, 2.45) is 5.73 Å². The van der Waals surface area contributed by atoms with E-state index < -0.39 is 0 Å². The lowest BCUT2D eigenvalue weighted by Gasteiger charge is -2.36. The van der Waals surface area contributed by atoms with Crippen LogP contribution in [0.5, 0.6) is 0 Å². The summed E-state index contributed by atoms with van der Waals surface area (Å²) in [5, 5.41) is 0. The quantitative estimate of drug-likeness (QED) is 0.921. The molecule has 18 heavy (non-hydrogen) atoms. The molecule has 0 aliphatic carbocycles. The maximum atomic E-state index is 5.64. The standard InChI is InChI=1S/C12H19N3O.2ClH/c1-10(11-3-2-4-14-8-11)15-5-6-16-12(7-13)9-15;;/h2-4,8,10,12H,5-7,9,13H2,1H3;2*1H. The fourth-order valence-electron chi connectivity index (χ4n) is 2.07. The van der Waals surface area contributed by atoms with E-state index in [0.717, 1.165) is 19.7 Å². The highest BCUT2D eigenvalue weighted by molar-refractivity contribution is 5.85. The van der Waals surface area contributed by atoms with Crippen LogP contribution in [0.3, 0.4) is 0 Å². The van der Waals surface area contributed by atoms with Crippen LogP contribution in [0.15, 0.2) is 24.5 Å². The van der Waals surface area contributed by atoms with Gasteiger partial charge < -0.3 is 10.5 Å². The summed E-state index contributed by atoms with van der Waals surface area (Å²) in [4.78, 5) is 6.56. The van der Waals surface area contributed by atoms with Crippen molar-refractivity contribution in [3.05, 3.63) is 30.1 Å². The van der Waals surface area contributed by atoms with Crippen LogP contribution in [0.1, 0.15) is 18.5 Å². The van der Waals surface area contributed by atoms with Gasteiger partial charge in [-0.2, -0.15) is 0 Å². The summed E-state index contributed by atoms with van der Waals surface area (Å²) in [5.41, 5.74) is 6.89. The zero-order chi connectivity index (χ0) is 11.4. The molecule has 2 unspecified atom stereocenters. The van der Waals surface area contributed by atoms with Gasteiger partial charge in [0.05, 0.1) is 12.7 Å². The van der Waals surface area contributed by atoms with Gasteiger partial charge in [0, 0.05) is 38.1 Å². The van der Waals surface area contributed by atoms with Gasteiger partial charge in [-0.05, 0) is 18.6 Å². The van der Waals surface area contributed by atoms with Crippen LogP contribution < -0.4 is 5.73 Å². The van der Waals surface area contributed by atoms with E-state index in [0.29, 0.717) is 12.6 Å². The second-order valence-corrected chi connectivity index (χ2v) is 4.19. The van der Waals surface area contributed by atoms with E-state index in [2.05, 4.69) is 22.9 Å². The predicted octanol–water partition coefficient (Wildman–Crippen LogP) is 1.65. The third-order valence-electron chi connectivity index (χ3n) is 3.15. The Labute approximate surface area is 121 Å². The highest BCUT2D eigenvalue weighted by atomic mass is 35.5. The Bertz CT molecular complexity index is 326. The number of hydrogen-bond donors (Lipinski definition) is 1. The Morgan fingerprint density at radius 2 is 2.33 bits per heavy atom. The van der Waals surface area contributed by atoms with E-state index in [9.17, 15) is 0 Å². The van der Waals surface area contributed by atoms with E-state index >= 15 is 0 Å². The van der Waals surface area contributed by atoms with Crippen molar-refractivity contribution in [1.29, 1.82) is 0 Å². The fraction of sp³-hybridized carbons (Fsp3) is 0.583. The van der Waals surface area contributed by atoms with Crippen LogP contribution in [0, 0.1) is 0 Å². The molecule has 1 fully saturated rings. The van der Waals surface area contributed by atoms with Gasteiger partial charge >= 0.3 is 0 Å². The Hall–Kier alpha value is -0.390. The van der Waals surface area contributed by atoms with Crippen molar-refractivity contribution in [3.8, 4) is 0 Å². The minimum absolute atomic E-state index is 0. The molecule has 2 rings (SSSR count). The van der Waals surface area contributed by atoms with Crippen molar-refractivity contribution in [2.75, 3.05) is 26.2 Å². The molecule has 0 radical (unpaired) electrons. The molecule has 1 saturated heterocycles. The van der Waals surface area contributed by atoms with Crippen molar-refractivity contribution < 1.29 is 4.74 Å². The summed E-state index contributed by atoms with van der Waals surface area (Å²) in [6, 6.07) is 4.48. The number of ether oxygens (including phenoxy) is 1. The molecule has 6 heteroatoms. The lowest BCUT2D eigenvalue weighted by atomic mass is 10.1. The van der Waals surface area contributed by atoms with Gasteiger partial charge in [0.25, 0.3) is 0 Å². The zero-order valence-corrected chi connectivity index (χ0v) is 12.1. The highest BCUT2D eigenvalue weighted by Crippen LogP contribution is 2.21. The van der Waals surface area contributed by atoms with Gasteiger partial charge in [-0.25, -0.2) is 0 Å². The molecular weight excluding hydrogens is 273 g/mol. The van der Waals surface area contributed by atoms with Crippen molar-refractivity contribution in [1.82, 2.24) is 9.88 Å². The number of morpholine rings is 1. The Morgan fingerprint density at radius 1 is 1.56 bits per heavy atom. The van der Waals surface area contributed by atoms with Crippen molar-refractivity contribution >= 4 is 24.8 Å². The summed E-state index contributed by atoms with van der Waals surface area (Å²) < 4.78 is 5.56. The summed E-state index contributed by atoms with van der Waals surface area (Å²) >= 11 is 0. The Kier molecular flexibility index (Phi) is 8.48. The molecule has 1 aliphatic rings. The molecule has 0 amide bonds. The first kappa shape index (κ1) is 17.6. The first-order valence-corrected chi connectivity index (χ1v) is 5.77. The first-order chi connectivity index (χ1) is 7.81. The zero-order valence-electron chi connectivity index (χ0n) is 10.5. The monoisotopic (exact) mass is 293 g/mol. The molecule has 1 aromatic rings. The van der Waals surface area contributed by atoms with Gasteiger partial charge in [-0.1, -0.05) is 6.07 Å². The van der Waals surface area contributed by atoms with Crippen LogP contribution in [0.25, 0.3) is 0 Å². The van der Waals surface area contributed by atoms with Crippen LogP contribution in [-0.4, -0.2) is 42.2 Å². The molecule has 104 valence electrons. The lowest BCUT2D eigenvalue weighted by molar-refractivity contribution is -0.0364. The minimum atomic E-state index is 0. The summed E-state index contributed by atoms with van der Waals surface area (Å²) in [6.07, 6.45) is 3.91. The van der Waals surface area contributed by atoms with E-state index in [4.69, 9.17) is 10.5 Å². The maximum absolute atomic E-state index is 5.64. The van der Waals surface area contributed by atoms with Crippen molar-refractivity contribution in [2.45, 2.75) is 19.1 Å². The average molecular weight is 294 g/mol. The molecule has 0 saturated carbocycles. The molecule has 0 bridgehead atoms. The lowest BCUT2D eigenvalue weighted by Crippen LogP contribution is -2.46. The topological polar surface area (TPSA) is 51.4 Å².